The zero-order valence-electron chi connectivity index (χ0n) is 12.3. The summed E-state index contributed by atoms with van der Waals surface area (Å²) in [5, 5.41) is 2.84. The molecule has 1 saturated heterocycles. The van der Waals surface area contributed by atoms with E-state index >= 15 is 0 Å². The second-order valence-corrected chi connectivity index (χ2v) is 6.25. The third-order valence-corrected chi connectivity index (χ3v) is 4.33. The number of anilines is 2. The van der Waals surface area contributed by atoms with E-state index in [2.05, 4.69) is 36.1 Å². The summed E-state index contributed by atoms with van der Waals surface area (Å²) in [7, 11) is 0. The summed E-state index contributed by atoms with van der Waals surface area (Å²) in [4.78, 5) is 23.0. The van der Waals surface area contributed by atoms with E-state index in [1.54, 1.807) is 6.20 Å². The number of halogens is 1. The molecule has 2 heterocycles. The molecule has 1 aliphatic heterocycles. The van der Waals surface area contributed by atoms with Crippen LogP contribution in [0.25, 0.3) is 0 Å². The molecule has 1 aromatic carbocycles. The molecule has 1 N–H and O–H groups in total. The molecule has 5 nitrogen and oxygen atoms in total. The van der Waals surface area contributed by atoms with Crippen molar-refractivity contribution >= 4 is 33.3 Å². The highest BCUT2D eigenvalue weighted by molar-refractivity contribution is 9.10. The molecule has 0 atom stereocenters. The molecule has 0 radical (unpaired) electrons. The van der Waals surface area contributed by atoms with Crippen molar-refractivity contribution in [3.05, 3.63) is 46.3 Å². The van der Waals surface area contributed by atoms with Crippen LogP contribution in [-0.2, 0) is 0 Å². The molecule has 1 aromatic heterocycles. The smallest absolute Gasteiger partial charge is 0.275 e. The lowest BCUT2D eigenvalue weighted by atomic mass is 10.2. The Labute approximate surface area is 137 Å². The molecule has 0 bridgehead atoms. The van der Waals surface area contributed by atoms with Gasteiger partial charge >= 0.3 is 0 Å². The summed E-state index contributed by atoms with van der Waals surface area (Å²) >= 11 is 3.45. The van der Waals surface area contributed by atoms with Crippen LogP contribution >= 0.6 is 15.9 Å². The van der Waals surface area contributed by atoms with Crippen LogP contribution in [0.3, 0.4) is 0 Å². The van der Waals surface area contributed by atoms with Gasteiger partial charge in [0.05, 0.1) is 18.1 Å². The number of carbonyl (C=O) groups is 1. The minimum absolute atomic E-state index is 0.259. The van der Waals surface area contributed by atoms with Gasteiger partial charge in [0, 0.05) is 17.6 Å². The van der Waals surface area contributed by atoms with Crippen molar-refractivity contribution in [3.8, 4) is 0 Å². The van der Waals surface area contributed by atoms with Gasteiger partial charge in [-0.3, -0.25) is 4.79 Å². The minimum Gasteiger partial charge on any atom is -0.355 e. The Morgan fingerprint density at radius 1 is 1.23 bits per heavy atom. The number of aromatic nitrogens is 2. The highest BCUT2D eigenvalue weighted by atomic mass is 79.9. The summed E-state index contributed by atoms with van der Waals surface area (Å²) in [6.45, 7) is 4.02. The first-order chi connectivity index (χ1) is 10.6. The molecule has 114 valence electrons. The van der Waals surface area contributed by atoms with Crippen molar-refractivity contribution in [1.29, 1.82) is 0 Å². The summed E-state index contributed by atoms with van der Waals surface area (Å²) < 4.78 is 0.850. The second-order valence-electron chi connectivity index (χ2n) is 5.39. The van der Waals surface area contributed by atoms with Crippen LogP contribution in [0, 0.1) is 6.92 Å². The fourth-order valence-electron chi connectivity index (χ4n) is 2.46. The van der Waals surface area contributed by atoms with Gasteiger partial charge in [0.15, 0.2) is 0 Å². The fraction of sp³-hybridized carbons (Fsp3) is 0.312. The number of hydrogen-bond acceptors (Lipinski definition) is 4. The largest absolute Gasteiger partial charge is 0.355 e. The maximum absolute atomic E-state index is 12.2. The quantitative estimate of drug-likeness (QED) is 0.911. The SMILES string of the molecule is Cc1ccc(NC(=O)c2cnc(N3CCCC3)cn2)c(Br)c1. The molecule has 3 rings (SSSR count). The minimum atomic E-state index is -0.259. The van der Waals surface area contributed by atoms with Crippen LogP contribution in [0.4, 0.5) is 11.5 Å². The topological polar surface area (TPSA) is 58.1 Å². The van der Waals surface area contributed by atoms with Crippen LogP contribution in [0.1, 0.15) is 28.9 Å². The van der Waals surface area contributed by atoms with Crippen molar-refractivity contribution in [2.75, 3.05) is 23.3 Å². The van der Waals surface area contributed by atoms with Crippen LogP contribution < -0.4 is 10.2 Å². The van der Waals surface area contributed by atoms with Crippen LogP contribution in [-0.4, -0.2) is 29.0 Å². The van der Waals surface area contributed by atoms with Gasteiger partial charge in [0.2, 0.25) is 0 Å². The lowest BCUT2D eigenvalue weighted by Gasteiger charge is -2.15. The van der Waals surface area contributed by atoms with Gasteiger partial charge in [0.1, 0.15) is 11.5 Å². The van der Waals surface area contributed by atoms with Crippen molar-refractivity contribution in [2.45, 2.75) is 19.8 Å². The normalized spacial score (nSPS) is 14.2. The van der Waals surface area contributed by atoms with E-state index in [-0.39, 0.29) is 5.91 Å². The predicted octanol–water partition coefficient (Wildman–Crippen LogP) is 3.40. The van der Waals surface area contributed by atoms with Gasteiger partial charge < -0.3 is 10.2 Å². The fourth-order valence-corrected chi connectivity index (χ4v) is 3.05. The first-order valence-corrected chi connectivity index (χ1v) is 8.07. The highest BCUT2D eigenvalue weighted by Gasteiger charge is 2.15. The summed E-state index contributed by atoms with van der Waals surface area (Å²) in [5.74, 6) is 0.579. The van der Waals surface area contributed by atoms with Crippen LogP contribution in [0.2, 0.25) is 0 Å². The molecule has 1 fully saturated rings. The molecule has 6 heteroatoms. The number of carbonyl (C=O) groups excluding carboxylic acids is 1. The van der Waals surface area contributed by atoms with Crippen molar-refractivity contribution in [2.24, 2.45) is 0 Å². The summed E-state index contributed by atoms with van der Waals surface area (Å²) in [6, 6.07) is 5.77. The number of nitrogens with one attached hydrogen (secondary N) is 1. The van der Waals surface area contributed by atoms with Crippen LogP contribution in [0.5, 0.6) is 0 Å². The molecule has 2 aromatic rings. The first-order valence-electron chi connectivity index (χ1n) is 7.28. The van der Waals surface area contributed by atoms with Crippen molar-refractivity contribution < 1.29 is 4.79 Å². The monoisotopic (exact) mass is 360 g/mol. The number of amides is 1. The summed E-state index contributed by atoms with van der Waals surface area (Å²) in [6.07, 6.45) is 5.58. The third-order valence-electron chi connectivity index (χ3n) is 3.67. The van der Waals surface area contributed by atoms with Crippen LogP contribution in [0.15, 0.2) is 35.1 Å². The number of hydrogen-bond donors (Lipinski definition) is 1. The Kier molecular flexibility index (Phi) is 4.38. The Bertz CT molecular complexity index is 681. The van der Waals surface area contributed by atoms with Gasteiger partial charge in [-0.1, -0.05) is 6.07 Å². The number of rotatable bonds is 3. The Hall–Kier alpha value is -1.95. The molecule has 22 heavy (non-hydrogen) atoms. The lowest BCUT2D eigenvalue weighted by molar-refractivity contribution is 0.102. The molecular weight excluding hydrogens is 344 g/mol. The van der Waals surface area contributed by atoms with E-state index in [1.165, 1.54) is 19.0 Å². The zero-order valence-corrected chi connectivity index (χ0v) is 13.9. The van der Waals surface area contributed by atoms with E-state index in [1.807, 2.05) is 25.1 Å². The third kappa shape index (κ3) is 3.27. The van der Waals surface area contributed by atoms with Gasteiger partial charge in [0.25, 0.3) is 5.91 Å². The van der Waals surface area contributed by atoms with Gasteiger partial charge in [-0.15, -0.1) is 0 Å². The highest BCUT2D eigenvalue weighted by Crippen LogP contribution is 2.24. The molecule has 0 aliphatic carbocycles. The van der Waals surface area contributed by atoms with E-state index < -0.39 is 0 Å². The molecular formula is C16H17BrN4O. The average Bonchev–Trinajstić information content (AvgIpc) is 3.04. The molecule has 1 aliphatic rings. The van der Waals surface area contributed by atoms with Crippen molar-refractivity contribution in [1.82, 2.24) is 9.97 Å². The molecule has 0 unspecified atom stereocenters. The predicted molar refractivity (Wildman–Crippen MR) is 90.3 cm³/mol. The zero-order chi connectivity index (χ0) is 15.5. The van der Waals surface area contributed by atoms with Crippen molar-refractivity contribution in [3.63, 3.8) is 0 Å². The van der Waals surface area contributed by atoms with E-state index in [0.29, 0.717) is 5.69 Å². The average molecular weight is 361 g/mol. The van der Waals surface area contributed by atoms with E-state index in [9.17, 15) is 4.79 Å². The molecule has 0 spiro atoms. The molecule has 1 amide bonds. The summed E-state index contributed by atoms with van der Waals surface area (Å²) in [5.41, 5.74) is 2.16. The lowest BCUT2D eigenvalue weighted by Crippen LogP contribution is -2.20. The Morgan fingerprint density at radius 3 is 2.64 bits per heavy atom. The molecule has 0 saturated carbocycles. The number of nitrogens with zero attached hydrogens (tertiary/aromatic N) is 3. The Morgan fingerprint density at radius 2 is 2.00 bits per heavy atom. The second kappa shape index (κ2) is 6.44. The van der Waals surface area contributed by atoms with E-state index in [4.69, 9.17) is 0 Å². The van der Waals surface area contributed by atoms with Gasteiger partial charge in [-0.2, -0.15) is 0 Å². The number of aryl methyl sites for hydroxylation is 1. The van der Waals surface area contributed by atoms with E-state index in [0.717, 1.165) is 34.6 Å². The maximum atomic E-state index is 12.2. The van der Waals surface area contributed by atoms with Gasteiger partial charge in [-0.25, -0.2) is 9.97 Å². The maximum Gasteiger partial charge on any atom is 0.275 e. The first kappa shape index (κ1) is 15.0. The Balaban J connectivity index is 1.71. The standard InChI is InChI=1S/C16H17BrN4O/c1-11-4-5-13(12(17)8-11)20-16(22)14-9-19-15(10-18-14)21-6-2-3-7-21/h4-5,8-10H,2-3,6-7H2,1H3,(H,20,22). The number of benzene rings is 1. The van der Waals surface area contributed by atoms with Gasteiger partial charge in [-0.05, 0) is 53.4 Å².